The molecule has 2 unspecified atom stereocenters. The molecule has 2 atom stereocenters. The molecule has 430 valence electrons. The van der Waals surface area contributed by atoms with Crippen LogP contribution in [-0.2, 0) is 66.4 Å². The van der Waals surface area contributed by atoms with Crippen LogP contribution < -0.4 is 0 Å². The minimum atomic E-state index is -2.20. The smallest absolute Gasteiger partial charge is 0.389 e. The molecule has 0 aliphatic rings. The first-order valence-electron chi connectivity index (χ1n) is 29.8. The number of hydrogen-bond acceptors (Lipinski definition) is 14. The van der Waals surface area contributed by atoms with Crippen LogP contribution in [0.25, 0.3) is 0 Å². The molecule has 72 heavy (non-hydrogen) atoms. The monoisotopic (exact) mass is 1030 g/mol. The third-order valence-electron chi connectivity index (χ3n) is 12.6. The molecule has 0 fully saturated rings. The number of esters is 2. The quantitative estimate of drug-likeness (QED) is 0.0323. The predicted molar refractivity (Wildman–Crippen MR) is 288 cm³/mol. The largest absolute Gasteiger partial charge is 0.403 e. The first-order valence-corrected chi connectivity index (χ1v) is 29.8. The normalized spacial score (nSPS) is 13.4. The summed E-state index contributed by atoms with van der Waals surface area (Å²) in [5.41, 5.74) is 0. The van der Waals surface area contributed by atoms with Crippen molar-refractivity contribution in [3.8, 4) is 0 Å². The maximum atomic E-state index is 14.8. The van der Waals surface area contributed by atoms with Crippen LogP contribution >= 0.6 is 0 Å². The van der Waals surface area contributed by atoms with Crippen LogP contribution in [0.4, 0.5) is 0 Å². The first kappa shape index (κ1) is 70.5. The number of rotatable bonds is 55. The molecule has 0 spiro atoms. The van der Waals surface area contributed by atoms with E-state index in [1.54, 1.807) is 0 Å². The second-order valence-corrected chi connectivity index (χ2v) is 19.0. The Hall–Kier alpha value is -1.46. The zero-order valence-electron chi connectivity index (χ0n) is 48.7. The van der Waals surface area contributed by atoms with Crippen molar-refractivity contribution in [3.05, 3.63) is 0 Å². The topological polar surface area (TPSA) is 145 Å². The minimum absolute atomic E-state index is 0.197. The summed E-state index contributed by atoms with van der Waals surface area (Å²) in [6.07, 6.45) is 19.1. The van der Waals surface area contributed by atoms with Crippen molar-refractivity contribution in [2.45, 2.75) is 299 Å². The molecule has 0 bridgehead atoms. The van der Waals surface area contributed by atoms with Crippen molar-refractivity contribution in [1.82, 2.24) is 0 Å². The lowest BCUT2D eigenvalue weighted by Gasteiger charge is -2.50. The van der Waals surface area contributed by atoms with Gasteiger partial charge in [-0.05, 0) is 78.1 Å². The molecular weight excluding hydrogens is 921 g/mol. The molecule has 0 aromatic carbocycles. The van der Waals surface area contributed by atoms with Gasteiger partial charge in [0.15, 0.2) is 0 Å². The van der Waals surface area contributed by atoms with E-state index >= 15 is 0 Å². The molecule has 0 rings (SSSR count). The highest BCUT2D eigenvalue weighted by atomic mass is 16.9. The maximum Gasteiger partial charge on any atom is 0.389 e. The molecule has 0 aromatic heterocycles. The van der Waals surface area contributed by atoms with Crippen LogP contribution in [0.2, 0.25) is 0 Å². The molecular formula is C58H114O14. The van der Waals surface area contributed by atoms with Gasteiger partial charge in [-0.3, -0.25) is 9.59 Å². The average Bonchev–Trinajstić information content (AvgIpc) is 3.38. The fourth-order valence-electron chi connectivity index (χ4n) is 8.49. The van der Waals surface area contributed by atoms with E-state index in [0.717, 1.165) is 128 Å². The zero-order chi connectivity index (χ0) is 53.7. The molecule has 14 heteroatoms. The van der Waals surface area contributed by atoms with Gasteiger partial charge in [0.05, 0.1) is 65.7 Å². The van der Waals surface area contributed by atoms with Gasteiger partial charge in [-0.2, -0.15) is 0 Å². The van der Waals surface area contributed by atoms with Crippen molar-refractivity contribution in [1.29, 1.82) is 0 Å². The highest BCUT2D eigenvalue weighted by Gasteiger charge is 2.67. The second kappa shape index (κ2) is 45.7. The number of ether oxygens (including phenoxy) is 12. The van der Waals surface area contributed by atoms with E-state index < -0.39 is 60.5 Å². The summed E-state index contributed by atoms with van der Waals surface area (Å²) in [5, 5.41) is 0. The molecule has 0 aliphatic carbocycles. The Bertz CT molecular complexity index is 1100. The minimum Gasteiger partial charge on any atom is -0.403 e. The van der Waals surface area contributed by atoms with Crippen molar-refractivity contribution in [2.75, 3.05) is 66.1 Å². The summed E-state index contributed by atoms with van der Waals surface area (Å²) < 4.78 is 81.3. The van der Waals surface area contributed by atoms with Crippen LogP contribution in [-0.4, -0.2) is 114 Å². The van der Waals surface area contributed by atoms with Gasteiger partial charge in [-0.15, -0.1) is 0 Å². The lowest BCUT2D eigenvalue weighted by atomic mass is 10.0. The molecule has 0 aromatic rings. The molecule has 0 saturated carbocycles. The van der Waals surface area contributed by atoms with E-state index in [9.17, 15) is 9.59 Å². The van der Waals surface area contributed by atoms with E-state index in [1.165, 1.54) is 0 Å². The zero-order valence-corrected chi connectivity index (χ0v) is 48.7. The van der Waals surface area contributed by atoms with Gasteiger partial charge >= 0.3 is 23.9 Å². The maximum absolute atomic E-state index is 14.8. The van der Waals surface area contributed by atoms with Crippen molar-refractivity contribution >= 4 is 11.9 Å². The van der Waals surface area contributed by atoms with E-state index in [2.05, 4.69) is 55.4 Å². The molecule has 0 radical (unpaired) electrons. The highest BCUT2D eigenvalue weighted by Crippen LogP contribution is 2.44. The second-order valence-electron chi connectivity index (χ2n) is 19.0. The Morgan fingerprint density at radius 1 is 0.306 bits per heavy atom. The summed E-state index contributed by atoms with van der Waals surface area (Å²) in [4.78, 5) is 29.7. The van der Waals surface area contributed by atoms with E-state index in [4.69, 9.17) is 56.8 Å². The summed E-state index contributed by atoms with van der Waals surface area (Å²) in [6.45, 7) is 27.5. The Labute approximate surface area is 441 Å². The van der Waals surface area contributed by atoms with Crippen LogP contribution in [0.15, 0.2) is 0 Å². The summed E-state index contributed by atoms with van der Waals surface area (Å²) in [5.74, 6) is -9.56. The molecule has 14 nitrogen and oxygen atoms in total. The van der Waals surface area contributed by atoms with Crippen molar-refractivity contribution in [2.24, 2.45) is 0 Å². The SMILES string of the molecule is CCCCCOC(OCCCCC)(OC(=O)CCC(=O)OC(OCCCCC)(OCCCCC)C(OCCCCC)(OCCCCC)C(CC)OCC)C(OCCCCC)(OCCCCC)C(CC)OCC. The molecule has 0 heterocycles. The summed E-state index contributed by atoms with van der Waals surface area (Å²) in [6, 6.07) is 0. The highest BCUT2D eigenvalue weighted by molar-refractivity contribution is 5.78. The van der Waals surface area contributed by atoms with Crippen LogP contribution in [0, 0.1) is 0 Å². The van der Waals surface area contributed by atoms with E-state index in [0.29, 0.717) is 51.7 Å². The van der Waals surface area contributed by atoms with Gasteiger partial charge in [0.2, 0.25) is 0 Å². The molecule has 0 N–H and O–H groups in total. The lowest BCUT2D eigenvalue weighted by molar-refractivity contribution is -0.503. The van der Waals surface area contributed by atoms with Crippen LogP contribution in [0.3, 0.4) is 0 Å². The van der Waals surface area contributed by atoms with Crippen molar-refractivity contribution < 1.29 is 66.4 Å². The number of unbranched alkanes of at least 4 members (excludes halogenated alkanes) is 16. The fourth-order valence-corrected chi connectivity index (χ4v) is 8.49. The number of carbonyl (C=O) groups excluding carboxylic acids is 2. The van der Waals surface area contributed by atoms with Gasteiger partial charge in [0, 0.05) is 13.2 Å². The van der Waals surface area contributed by atoms with E-state index in [1.807, 2.05) is 27.7 Å². The van der Waals surface area contributed by atoms with Crippen molar-refractivity contribution in [3.63, 3.8) is 0 Å². The Balaban J connectivity index is 7.97. The van der Waals surface area contributed by atoms with Gasteiger partial charge in [-0.25, -0.2) is 0 Å². The summed E-state index contributed by atoms with van der Waals surface area (Å²) in [7, 11) is 0. The Morgan fingerprint density at radius 3 is 0.694 bits per heavy atom. The predicted octanol–water partition coefficient (Wildman–Crippen LogP) is 14.8. The van der Waals surface area contributed by atoms with E-state index in [-0.39, 0.29) is 52.9 Å². The van der Waals surface area contributed by atoms with Crippen LogP contribution in [0.1, 0.15) is 263 Å². The average molecular weight is 1040 g/mol. The van der Waals surface area contributed by atoms with Gasteiger partial charge < -0.3 is 56.8 Å². The fraction of sp³-hybridized carbons (Fsp3) is 0.966. The van der Waals surface area contributed by atoms with Gasteiger partial charge in [0.25, 0.3) is 11.6 Å². The molecule has 0 saturated heterocycles. The molecule has 0 amide bonds. The Morgan fingerprint density at radius 2 is 0.514 bits per heavy atom. The Kier molecular flexibility index (Phi) is 44.8. The number of hydrogen-bond donors (Lipinski definition) is 0. The van der Waals surface area contributed by atoms with Crippen LogP contribution in [0.5, 0.6) is 0 Å². The molecule has 0 aliphatic heterocycles. The lowest BCUT2D eigenvalue weighted by Crippen LogP contribution is -2.69. The van der Waals surface area contributed by atoms with Gasteiger partial charge in [0.1, 0.15) is 12.2 Å². The first-order chi connectivity index (χ1) is 35.0. The third kappa shape index (κ3) is 26.1. The summed E-state index contributed by atoms with van der Waals surface area (Å²) >= 11 is 0. The third-order valence-corrected chi connectivity index (χ3v) is 12.6. The standard InChI is InChI=1S/C58H114O14/c1-13-25-33-43-63-55(51(21-9)61-23-11,64-44-34-26-14-2)57(67-47-37-29-17-5,68-48-38-30-18-6)71-53(59)41-42-54(60)72-58(69-49-39-31-19-7,70-50-40-32-20-8)56(52(22-10)62-24-12,65-45-35-27-15-3)66-46-36-28-16-4/h51-52H,13-50H2,1-12H3. The van der Waals surface area contributed by atoms with Gasteiger partial charge in [-0.1, -0.05) is 172 Å². The number of carbonyl (C=O) groups is 2.